The highest BCUT2D eigenvalue weighted by Gasteiger charge is 2.74. The second kappa shape index (κ2) is 23.1. The molecule has 18 heteroatoms. The van der Waals surface area contributed by atoms with Crippen molar-refractivity contribution < 1.29 is 62.4 Å². The zero-order valence-corrected chi connectivity index (χ0v) is 43.0. The molecule has 4 fully saturated rings. The van der Waals surface area contributed by atoms with E-state index in [-0.39, 0.29) is 57.2 Å². The molecule has 0 radical (unpaired) electrons. The molecule has 4 N–H and O–H groups in total. The Morgan fingerprint density at radius 1 is 0.756 bits per heavy atom. The van der Waals surface area contributed by atoms with Gasteiger partial charge in [0.05, 0.1) is 30.7 Å². The van der Waals surface area contributed by atoms with E-state index in [1.54, 1.807) is 72.8 Å². The van der Waals surface area contributed by atoms with Crippen LogP contribution in [0.2, 0.25) is 0 Å². The lowest BCUT2D eigenvalue weighted by Gasteiger charge is -2.46. The van der Waals surface area contributed by atoms with Crippen molar-refractivity contribution in [2.24, 2.45) is 11.8 Å². The molecule has 5 aromatic rings. The van der Waals surface area contributed by atoms with Gasteiger partial charge in [-0.2, -0.15) is 0 Å². The van der Waals surface area contributed by atoms with Crippen LogP contribution in [0, 0.1) is 11.8 Å². The van der Waals surface area contributed by atoms with Crippen LogP contribution in [0.15, 0.2) is 146 Å². The quantitative estimate of drug-likeness (QED) is 0.0316. The third-order valence-corrected chi connectivity index (χ3v) is 15.4. The van der Waals surface area contributed by atoms with E-state index in [1.807, 2.05) is 65.6 Å². The minimum atomic E-state index is -1.71. The molecule has 5 aliphatic heterocycles. The van der Waals surface area contributed by atoms with Crippen LogP contribution in [0.5, 0.6) is 11.5 Å². The number of ether oxygens (including phenoxy) is 5. The van der Waals surface area contributed by atoms with Crippen LogP contribution >= 0.6 is 0 Å². The highest BCUT2D eigenvalue weighted by atomic mass is 16.6. The fourth-order valence-corrected chi connectivity index (χ4v) is 12.3. The third kappa shape index (κ3) is 9.97. The Balaban J connectivity index is 0.923. The summed E-state index contributed by atoms with van der Waals surface area (Å²) in [5.74, 6) is -4.96. The minimum absolute atomic E-state index is 0.00514. The van der Waals surface area contributed by atoms with Crippen LogP contribution < -0.4 is 25.4 Å². The van der Waals surface area contributed by atoms with Gasteiger partial charge in [-0.05, 0) is 83.8 Å². The molecule has 404 valence electrons. The van der Waals surface area contributed by atoms with Crippen LogP contribution in [0.3, 0.4) is 0 Å². The number of cyclic esters (lactones) is 1. The summed E-state index contributed by atoms with van der Waals surface area (Å²) < 4.78 is 30.0. The summed E-state index contributed by atoms with van der Waals surface area (Å²) >= 11 is 0. The van der Waals surface area contributed by atoms with Gasteiger partial charge >= 0.3 is 17.9 Å². The van der Waals surface area contributed by atoms with Crippen LogP contribution in [-0.4, -0.2) is 114 Å². The Kier molecular flexibility index (Phi) is 15.7. The first kappa shape index (κ1) is 53.1. The maximum atomic E-state index is 15.2. The number of esters is 3. The number of amides is 4. The summed E-state index contributed by atoms with van der Waals surface area (Å²) in [7, 11) is 0. The number of morpholine rings is 1. The number of aliphatic hydroxyl groups excluding tert-OH is 1. The van der Waals surface area contributed by atoms with Crippen molar-refractivity contribution in [1.29, 1.82) is 0 Å². The fourth-order valence-electron chi connectivity index (χ4n) is 12.3. The molecule has 10 rings (SSSR count). The monoisotopic (exact) mass is 1060 g/mol. The number of piperazine rings is 1. The maximum absolute atomic E-state index is 15.2. The summed E-state index contributed by atoms with van der Waals surface area (Å²) in [5.41, 5.74) is 1.96. The molecule has 4 amide bonds. The van der Waals surface area contributed by atoms with Gasteiger partial charge < -0.3 is 49.6 Å². The zero-order chi connectivity index (χ0) is 54.5. The van der Waals surface area contributed by atoms with E-state index in [2.05, 4.69) is 22.5 Å². The molecule has 0 bridgehead atoms. The molecule has 78 heavy (non-hydrogen) atoms. The van der Waals surface area contributed by atoms with Crippen molar-refractivity contribution in [3.63, 3.8) is 0 Å². The van der Waals surface area contributed by atoms with Gasteiger partial charge in [0, 0.05) is 19.2 Å². The molecule has 0 aromatic heterocycles. The third-order valence-electron chi connectivity index (χ3n) is 15.4. The molecule has 18 nitrogen and oxygen atoms in total. The minimum Gasteiger partial charge on any atom is -0.491 e. The largest absolute Gasteiger partial charge is 0.491 e. The highest BCUT2D eigenvalue weighted by Crippen LogP contribution is 2.65. The van der Waals surface area contributed by atoms with Crippen molar-refractivity contribution in [2.45, 2.75) is 80.4 Å². The topological polar surface area (TPSA) is 228 Å². The van der Waals surface area contributed by atoms with Gasteiger partial charge in [0.2, 0.25) is 23.6 Å². The number of benzene rings is 5. The van der Waals surface area contributed by atoms with Gasteiger partial charge in [-0.25, -0.2) is 0 Å². The van der Waals surface area contributed by atoms with Crippen LogP contribution in [-0.2, 0) is 53.2 Å². The Hall–Kier alpha value is -8.35. The normalized spacial score (nSPS) is 25.9. The fraction of sp³-hybridized carbons (Fsp3) is 0.350. The summed E-state index contributed by atoms with van der Waals surface area (Å²) in [4.78, 5) is 102. The van der Waals surface area contributed by atoms with Gasteiger partial charge in [-0.1, -0.05) is 116 Å². The van der Waals surface area contributed by atoms with Gasteiger partial charge in [0.1, 0.15) is 73.5 Å². The van der Waals surface area contributed by atoms with Crippen LogP contribution in [0.25, 0.3) is 0 Å². The number of aliphatic hydroxyl groups is 1. The predicted molar refractivity (Wildman–Crippen MR) is 282 cm³/mol. The van der Waals surface area contributed by atoms with Crippen molar-refractivity contribution in [1.82, 2.24) is 20.4 Å². The Morgan fingerprint density at radius 3 is 2.19 bits per heavy atom. The summed E-state index contributed by atoms with van der Waals surface area (Å²) in [6.07, 6.45) is 2.07. The number of carbonyl (C=O) groups excluding carboxylic acids is 7. The number of anilines is 1. The van der Waals surface area contributed by atoms with Crippen molar-refractivity contribution in [3.8, 4) is 11.5 Å². The lowest BCUT2D eigenvalue weighted by atomic mass is 9.65. The van der Waals surface area contributed by atoms with E-state index in [0.717, 1.165) is 11.1 Å². The van der Waals surface area contributed by atoms with Crippen molar-refractivity contribution in [3.05, 3.63) is 174 Å². The molecule has 4 saturated heterocycles. The molecule has 0 aliphatic carbocycles. The number of rotatable bonds is 20. The van der Waals surface area contributed by atoms with E-state index < -0.39 is 83.4 Å². The van der Waals surface area contributed by atoms with Gasteiger partial charge in [0.25, 0.3) is 0 Å². The Morgan fingerprint density at radius 2 is 1.46 bits per heavy atom. The first-order valence-electron chi connectivity index (χ1n) is 26.3. The standard InChI is InChI=1S/C60H61N5O13/c1-3-30-76-57(71)48-51-58(72)78-52(38-17-8-5-9-18-38)50(37-15-6-4-7-16-37)65(51)53(60(48)44-21-10-11-22-45(44)63-59(60)73)39-24-26-41(27-25-39)75-32-33-77-56(70)43-35-47-54(68)62-46(23-12-13-28-61-36(2)67)55(69)64(47)49(43)40-19-14-20-42(34-40)74-31-29-66/h3-11,14-22,24-27,34,43,46-53,66H,1,12-13,23,28-33,35H2,2H3,(H,61,67)(H,62,68)(H,63,73)/t43-,46-,47-,48-,49-,50-,51-,52+,53+,60-/m0/s1. The average molecular weight is 1060 g/mol. The smallest absolute Gasteiger partial charge is 0.325 e. The van der Waals surface area contributed by atoms with E-state index in [9.17, 15) is 33.9 Å². The van der Waals surface area contributed by atoms with Gasteiger partial charge in [-0.15, -0.1) is 0 Å². The summed E-state index contributed by atoms with van der Waals surface area (Å²) in [6, 6.07) is 34.4. The van der Waals surface area contributed by atoms with Crippen molar-refractivity contribution in [2.75, 3.05) is 44.9 Å². The summed E-state index contributed by atoms with van der Waals surface area (Å²) in [6.45, 7) is 4.95. The van der Waals surface area contributed by atoms with Gasteiger partial charge in [0.15, 0.2) is 0 Å². The molecule has 1 spiro atoms. The predicted octanol–water partition coefficient (Wildman–Crippen LogP) is 5.74. The Labute approximate surface area is 451 Å². The number of fused-ring (bicyclic) bond motifs is 4. The lowest BCUT2D eigenvalue weighted by Crippen LogP contribution is -2.61. The zero-order valence-electron chi connectivity index (χ0n) is 43.0. The first-order valence-corrected chi connectivity index (χ1v) is 26.3. The van der Waals surface area contributed by atoms with Crippen LogP contribution in [0.4, 0.5) is 5.69 Å². The maximum Gasteiger partial charge on any atom is 0.325 e. The molecule has 0 saturated carbocycles. The van der Waals surface area contributed by atoms with Crippen LogP contribution in [0.1, 0.15) is 84.7 Å². The number of nitrogens with one attached hydrogen (secondary N) is 3. The lowest BCUT2D eigenvalue weighted by molar-refractivity contribution is -0.180. The van der Waals surface area contributed by atoms with Gasteiger partial charge in [-0.3, -0.25) is 38.5 Å². The number of hydrogen-bond donors (Lipinski definition) is 4. The Bertz CT molecular complexity index is 3070. The number of carbonyl (C=O) groups is 7. The molecule has 5 aliphatic rings. The highest BCUT2D eigenvalue weighted by molar-refractivity contribution is 6.11. The average Bonchev–Trinajstić information content (AvgIpc) is 2.91. The molecule has 5 aromatic carbocycles. The molecular formula is C60H61N5O13. The molecular weight excluding hydrogens is 999 g/mol. The van der Waals surface area contributed by atoms with E-state index in [1.165, 1.54) is 17.9 Å². The second-order valence-electron chi connectivity index (χ2n) is 20.0. The number of para-hydroxylation sites is 1. The number of hydrogen-bond acceptors (Lipinski definition) is 14. The number of unbranched alkanes of at least 4 members (excludes halogenated alkanes) is 1. The first-order chi connectivity index (χ1) is 38.0. The second-order valence-corrected chi connectivity index (χ2v) is 20.0. The molecule has 10 atom stereocenters. The van der Waals surface area contributed by atoms with E-state index >= 15 is 4.79 Å². The van der Waals surface area contributed by atoms with Crippen molar-refractivity contribution >= 4 is 47.2 Å². The molecule has 5 heterocycles. The molecule has 0 unspecified atom stereocenters. The van der Waals surface area contributed by atoms with E-state index in [4.69, 9.17) is 23.7 Å². The van der Waals surface area contributed by atoms with E-state index in [0.29, 0.717) is 59.7 Å². The SMILES string of the molecule is C=CCOC(=O)[C@@H]1[C@H]2C(=O)O[C@H](c3ccccc3)[C@H](c3ccccc3)N2[C@H](c2ccc(OCCOC(=O)[C@H]3C[C@H]4C(=O)N[C@@H](CCCCNC(C)=O)C(=O)N4[C@H]3c3cccc(OCCO)c3)cc2)[C@@]12C(=O)Nc1ccccc12. The summed E-state index contributed by atoms with van der Waals surface area (Å²) in [5, 5.41) is 18.1. The number of nitrogens with zero attached hydrogens (tertiary/aromatic N) is 2.